The maximum atomic E-state index is 12.3. The van der Waals surface area contributed by atoms with Crippen LogP contribution in [0.1, 0.15) is 6.92 Å². The number of nitrogens with one attached hydrogen (secondary N) is 1. The first-order valence-electron chi connectivity index (χ1n) is 3.56. The fraction of sp³-hybridized carbons (Fsp3) is 0.571. The lowest BCUT2D eigenvalue weighted by Gasteiger charge is -2.28. The van der Waals surface area contributed by atoms with Crippen LogP contribution in [-0.2, 0) is 4.79 Å². The summed E-state index contributed by atoms with van der Waals surface area (Å²) in [7, 11) is 0. The molecule has 0 aromatic rings. The first-order valence-corrected chi connectivity index (χ1v) is 3.99. The number of halogens is 4. The van der Waals surface area contributed by atoms with Gasteiger partial charge in [0.25, 0.3) is 0 Å². The van der Waals surface area contributed by atoms with Crippen LogP contribution in [0, 0.1) is 0 Å². The van der Waals surface area contributed by atoms with Crippen LogP contribution in [-0.4, -0.2) is 29.3 Å². The van der Waals surface area contributed by atoms with E-state index in [1.54, 1.807) is 0 Å². The standard InChI is InChI=1S/C7H9ClF3NO2/c1-6(5(13)14,7(9,10)11)12-4-2-3-8/h2-3,12H,4H2,1H3,(H,13,14). The Hall–Kier alpha value is -0.750. The van der Waals surface area contributed by atoms with E-state index in [-0.39, 0.29) is 6.54 Å². The van der Waals surface area contributed by atoms with Gasteiger partial charge >= 0.3 is 12.1 Å². The zero-order chi connectivity index (χ0) is 11.4. The van der Waals surface area contributed by atoms with E-state index in [2.05, 4.69) is 0 Å². The summed E-state index contributed by atoms with van der Waals surface area (Å²) in [6.07, 6.45) is -3.69. The van der Waals surface area contributed by atoms with Crippen LogP contribution in [0.25, 0.3) is 0 Å². The summed E-state index contributed by atoms with van der Waals surface area (Å²) in [5.41, 5.74) is -1.95. The van der Waals surface area contributed by atoms with Gasteiger partial charge in [0.15, 0.2) is 0 Å². The first-order chi connectivity index (χ1) is 6.25. The van der Waals surface area contributed by atoms with Gasteiger partial charge in [0.1, 0.15) is 0 Å². The van der Waals surface area contributed by atoms with Crippen molar-refractivity contribution in [2.45, 2.75) is 18.6 Å². The van der Waals surface area contributed by atoms with Crippen LogP contribution in [0.15, 0.2) is 11.6 Å². The molecular formula is C7H9ClF3NO2. The molecule has 7 heteroatoms. The zero-order valence-electron chi connectivity index (χ0n) is 7.23. The minimum Gasteiger partial charge on any atom is -0.480 e. The number of alkyl halides is 3. The van der Waals surface area contributed by atoms with Gasteiger partial charge in [-0.15, -0.1) is 0 Å². The quantitative estimate of drug-likeness (QED) is 0.775. The van der Waals surface area contributed by atoms with Crippen LogP contribution >= 0.6 is 11.6 Å². The summed E-state index contributed by atoms with van der Waals surface area (Å²) < 4.78 is 36.8. The van der Waals surface area contributed by atoms with Crippen LogP contribution in [0.4, 0.5) is 13.2 Å². The predicted octanol–water partition coefficient (Wildman–Crippen LogP) is 1.73. The second-order valence-electron chi connectivity index (χ2n) is 2.67. The number of hydrogen-bond acceptors (Lipinski definition) is 2. The lowest BCUT2D eigenvalue weighted by molar-refractivity contribution is -0.205. The maximum Gasteiger partial charge on any atom is 0.417 e. The Labute approximate surface area is 83.5 Å². The van der Waals surface area contributed by atoms with Crippen LogP contribution in [0.5, 0.6) is 0 Å². The molecular weight excluding hydrogens is 223 g/mol. The summed E-state index contributed by atoms with van der Waals surface area (Å²) in [6.45, 7) is 0.281. The van der Waals surface area contributed by atoms with E-state index < -0.39 is 17.7 Å². The third kappa shape index (κ3) is 2.88. The molecule has 0 bridgehead atoms. The number of carboxylic acid groups (broad SMARTS) is 1. The highest BCUT2D eigenvalue weighted by Gasteiger charge is 2.56. The van der Waals surface area contributed by atoms with Gasteiger partial charge in [0, 0.05) is 12.1 Å². The normalized spacial score (nSPS) is 16.9. The molecule has 0 spiro atoms. The lowest BCUT2D eigenvalue weighted by Crippen LogP contribution is -2.60. The zero-order valence-corrected chi connectivity index (χ0v) is 7.99. The van der Waals surface area contributed by atoms with Crippen LogP contribution in [0.3, 0.4) is 0 Å². The van der Waals surface area contributed by atoms with Crippen molar-refractivity contribution in [3.8, 4) is 0 Å². The molecule has 14 heavy (non-hydrogen) atoms. The fourth-order valence-electron chi connectivity index (χ4n) is 0.605. The molecule has 82 valence electrons. The molecule has 0 aromatic carbocycles. The molecule has 0 amide bonds. The molecule has 0 heterocycles. The molecule has 0 rings (SSSR count). The van der Waals surface area contributed by atoms with Crippen molar-refractivity contribution in [2.75, 3.05) is 6.54 Å². The Morgan fingerprint density at radius 1 is 1.57 bits per heavy atom. The van der Waals surface area contributed by atoms with Gasteiger partial charge in [0.05, 0.1) is 0 Å². The maximum absolute atomic E-state index is 12.3. The Morgan fingerprint density at radius 3 is 2.36 bits per heavy atom. The van der Waals surface area contributed by atoms with E-state index in [0.717, 1.165) is 5.54 Å². The summed E-state index contributed by atoms with van der Waals surface area (Å²) in [5.74, 6) is -1.98. The highest BCUT2D eigenvalue weighted by atomic mass is 35.5. The van der Waals surface area contributed by atoms with Crippen LogP contribution < -0.4 is 5.32 Å². The van der Waals surface area contributed by atoms with Gasteiger partial charge < -0.3 is 5.11 Å². The van der Waals surface area contributed by atoms with E-state index in [0.29, 0.717) is 6.92 Å². The average Bonchev–Trinajstić information content (AvgIpc) is 2.02. The summed E-state index contributed by atoms with van der Waals surface area (Å²) in [4.78, 5) is 10.4. The van der Waals surface area contributed by atoms with Gasteiger partial charge in [-0.25, -0.2) is 4.79 Å². The summed E-state index contributed by atoms with van der Waals surface area (Å²) in [5, 5.41) is 10.3. The van der Waals surface area contributed by atoms with Crippen molar-refractivity contribution in [2.24, 2.45) is 0 Å². The smallest absolute Gasteiger partial charge is 0.417 e. The molecule has 0 saturated heterocycles. The molecule has 0 saturated carbocycles. The lowest BCUT2D eigenvalue weighted by atomic mass is 10.0. The Bertz CT molecular complexity index is 242. The highest BCUT2D eigenvalue weighted by molar-refractivity contribution is 6.25. The predicted molar refractivity (Wildman–Crippen MR) is 45.1 cm³/mol. The Kier molecular flexibility index (Phi) is 4.41. The number of rotatable bonds is 4. The molecule has 0 aliphatic rings. The SMILES string of the molecule is CC(NCC=CCl)(C(=O)O)C(F)(F)F. The van der Waals surface area contributed by atoms with Gasteiger partial charge in [-0.3, -0.25) is 5.32 Å². The van der Waals surface area contributed by atoms with Gasteiger partial charge in [-0.1, -0.05) is 17.7 Å². The minimum absolute atomic E-state index is 0.272. The van der Waals surface area contributed by atoms with Gasteiger partial charge in [-0.2, -0.15) is 13.2 Å². The number of carboxylic acids is 1. The van der Waals surface area contributed by atoms with Crippen LogP contribution in [0.2, 0.25) is 0 Å². The van der Waals surface area contributed by atoms with E-state index in [4.69, 9.17) is 16.7 Å². The summed E-state index contributed by atoms with van der Waals surface area (Å²) >= 11 is 5.07. The van der Waals surface area contributed by atoms with Crippen molar-refractivity contribution in [1.29, 1.82) is 0 Å². The van der Waals surface area contributed by atoms with E-state index in [9.17, 15) is 18.0 Å². The van der Waals surface area contributed by atoms with Crippen molar-refractivity contribution in [3.05, 3.63) is 11.6 Å². The summed E-state index contributed by atoms with van der Waals surface area (Å²) in [6, 6.07) is 0. The second kappa shape index (κ2) is 4.65. The number of carbonyl (C=O) groups is 1. The van der Waals surface area contributed by atoms with E-state index in [1.165, 1.54) is 6.08 Å². The third-order valence-electron chi connectivity index (χ3n) is 1.66. The first kappa shape index (κ1) is 13.2. The third-order valence-corrected chi connectivity index (χ3v) is 1.84. The van der Waals surface area contributed by atoms with Gasteiger partial charge in [0.2, 0.25) is 5.54 Å². The monoisotopic (exact) mass is 231 g/mol. The van der Waals surface area contributed by atoms with E-state index >= 15 is 0 Å². The average molecular weight is 232 g/mol. The number of aliphatic carboxylic acids is 1. The molecule has 0 aromatic heterocycles. The minimum atomic E-state index is -4.86. The number of hydrogen-bond donors (Lipinski definition) is 2. The molecule has 1 unspecified atom stereocenters. The largest absolute Gasteiger partial charge is 0.480 e. The van der Waals surface area contributed by atoms with Crippen molar-refractivity contribution in [1.82, 2.24) is 5.32 Å². The topological polar surface area (TPSA) is 49.3 Å². The second-order valence-corrected chi connectivity index (χ2v) is 2.92. The molecule has 3 nitrogen and oxygen atoms in total. The molecule has 0 fully saturated rings. The molecule has 0 radical (unpaired) electrons. The fourth-order valence-corrected chi connectivity index (χ4v) is 0.694. The highest BCUT2D eigenvalue weighted by Crippen LogP contribution is 2.30. The molecule has 0 aliphatic carbocycles. The van der Waals surface area contributed by atoms with Gasteiger partial charge in [-0.05, 0) is 6.92 Å². The molecule has 2 N–H and O–H groups in total. The molecule has 1 atom stereocenters. The molecule has 0 aliphatic heterocycles. The van der Waals surface area contributed by atoms with E-state index in [1.807, 2.05) is 5.32 Å². The Morgan fingerprint density at radius 2 is 2.07 bits per heavy atom. The van der Waals surface area contributed by atoms with Crippen molar-refractivity contribution in [3.63, 3.8) is 0 Å². The van der Waals surface area contributed by atoms with Crippen molar-refractivity contribution < 1.29 is 23.1 Å². The Balaban J connectivity index is 4.66. The van der Waals surface area contributed by atoms with Crippen molar-refractivity contribution >= 4 is 17.6 Å².